The van der Waals surface area contributed by atoms with Crippen LogP contribution in [0.4, 0.5) is 4.79 Å². The predicted molar refractivity (Wildman–Crippen MR) is 102 cm³/mol. The monoisotopic (exact) mass is 434 g/mol. The van der Waals surface area contributed by atoms with Crippen LogP contribution in [0.3, 0.4) is 0 Å². The first-order valence-electron chi connectivity index (χ1n) is 9.36. The summed E-state index contributed by atoms with van der Waals surface area (Å²) in [5.74, 6) is 0. The number of hydrogen-bond acceptors (Lipinski definition) is 3. The van der Waals surface area contributed by atoms with Crippen LogP contribution < -0.4 is 0 Å². The van der Waals surface area contributed by atoms with E-state index in [4.69, 9.17) is 4.74 Å². The van der Waals surface area contributed by atoms with E-state index in [1.165, 1.54) is 58.9 Å². The van der Waals surface area contributed by atoms with Gasteiger partial charge in [0, 0.05) is 0 Å². The second-order valence-corrected chi connectivity index (χ2v) is 20.7. The van der Waals surface area contributed by atoms with Crippen molar-refractivity contribution in [2.45, 2.75) is 90.1 Å². The molecule has 0 aliphatic carbocycles. The van der Waals surface area contributed by atoms with Gasteiger partial charge in [0.1, 0.15) is 0 Å². The van der Waals surface area contributed by atoms with Crippen LogP contribution in [0.15, 0.2) is 12.2 Å². The molecule has 1 atom stereocenters. The molecule has 0 aromatic rings. The van der Waals surface area contributed by atoms with Gasteiger partial charge in [-0.1, -0.05) is 0 Å². The van der Waals surface area contributed by atoms with Crippen molar-refractivity contribution >= 4 is 24.5 Å². The summed E-state index contributed by atoms with van der Waals surface area (Å²) in [5.41, 5.74) is 1.11. The van der Waals surface area contributed by atoms with E-state index in [0.29, 0.717) is 0 Å². The van der Waals surface area contributed by atoms with Gasteiger partial charge in [0.25, 0.3) is 0 Å². The molecule has 0 saturated carbocycles. The first-order valence-corrected chi connectivity index (χ1v) is 17.4. The van der Waals surface area contributed by atoms with Gasteiger partial charge in [-0.15, -0.1) is 0 Å². The molecular weight excluding hydrogens is 395 g/mol. The molecule has 0 aromatic heterocycles. The van der Waals surface area contributed by atoms with E-state index in [9.17, 15) is 4.79 Å². The van der Waals surface area contributed by atoms with Gasteiger partial charge >= 0.3 is 148 Å². The molecule has 0 aliphatic heterocycles. The summed E-state index contributed by atoms with van der Waals surface area (Å²) < 4.78 is 15.4. The molecule has 4 heteroatoms. The number of unbranched alkanes of at least 4 members (excludes halogenated alkanes) is 3. The zero-order chi connectivity index (χ0) is 17.7. The molecule has 0 aromatic carbocycles. The van der Waals surface area contributed by atoms with Crippen molar-refractivity contribution < 1.29 is 14.3 Å². The standard InChI is InChI=1S/C7H11O3.3C4H9.Sn/c1-5(2)6(3)10-7(8)9-4;3*1-3-4-2;/h6H,1-2H2,3-4H3;3*1,3-4H2,2H3;. The Hall–Kier alpha value is -0.191. The Morgan fingerprint density at radius 3 is 1.78 bits per heavy atom. The van der Waals surface area contributed by atoms with E-state index in [-0.39, 0.29) is 6.10 Å². The van der Waals surface area contributed by atoms with Gasteiger partial charge < -0.3 is 0 Å². The van der Waals surface area contributed by atoms with E-state index < -0.39 is 24.5 Å². The number of ether oxygens (including phenoxy) is 2. The maximum absolute atomic E-state index is 11.3. The minimum absolute atomic E-state index is 0.233. The van der Waals surface area contributed by atoms with E-state index in [2.05, 4.69) is 32.1 Å². The van der Waals surface area contributed by atoms with Gasteiger partial charge in [0.05, 0.1) is 0 Å². The van der Waals surface area contributed by atoms with E-state index in [1.807, 2.05) is 6.92 Å². The first kappa shape index (κ1) is 22.8. The molecule has 0 N–H and O–H groups in total. The molecule has 0 bridgehead atoms. The number of carbonyl (C=O) groups excluding carboxylic acids is 1. The van der Waals surface area contributed by atoms with Crippen LogP contribution in [-0.2, 0) is 9.47 Å². The van der Waals surface area contributed by atoms with Crippen molar-refractivity contribution in [3.63, 3.8) is 0 Å². The van der Waals surface area contributed by atoms with Crippen LogP contribution in [-0.4, -0.2) is 37.7 Å². The second-order valence-electron chi connectivity index (χ2n) is 6.86. The molecule has 0 radical (unpaired) electrons. The zero-order valence-corrected chi connectivity index (χ0v) is 18.9. The number of rotatable bonds is 13. The van der Waals surface area contributed by atoms with Crippen molar-refractivity contribution in [1.82, 2.24) is 0 Å². The predicted octanol–water partition coefficient (Wildman–Crippen LogP) is 6.56. The molecule has 0 heterocycles. The molecule has 136 valence electrons. The summed E-state index contributed by atoms with van der Waals surface area (Å²) in [5, 5.41) is 0. The van der Waals surface area contributed by atoms with E-state index in [1.54, 1.807) is 0 Å². The van der Waals surface area contributed by atoms with Gasteiger partial charge in [-0.25, -0.2) is 0 Å². The molecule has 1 unspecified atom stereocenters. The molecule has 0 saturated heterocycles. The minimum atomic E-state index is -2.24. The number of hydrogen-bond donors (Lipinski definition) is 0. The van der Waals surface area contributed by atoms with Gasteiger partial charge in [0.15, 0.2) is 0 Å². The second kappa shape index (κ2) is 13.1. The summed E-state index contributed by atoms with van der Waals surface area (Å²) >= 11 is -2.24. The van der Waals surface area contributed by atoms with Crippen LogP contribution in [0.5, 0.6) is 0 Å². The number of carbonyl (C=O) groups is 1. The quantitative estimate of drug-likeness (QED) is 0.187. The van der Waals surface area contributed by atoms with Gasteiger partial charge in [-0.05, 0) is 0 Å². The number of methoxy groups -OCH3 is 1. The average molecular weight is 433 g/mol. The Bertz CT molecular complexity index is 320. The molecule has 23 heavy (non-hydrogen) atoms. The van der Waals surface area contributed by atoms with Crippen molar-refractivity contribution in [3.8, 4) is 0 Å². The summed E-state index contributed by atoms with van der Waals surface area (Å²) in [4.78, 5) is 11.3. The van der Waals surface area contributed by atoms with E-state index >= 15 is 0 Å². The maximum atomic E-state index is 11.3. The van der Waals surface area contributed by atoms with Gasteiger partial charge in [0.2, 0.25) is 0 Å². The third-order valence-electron chi connectivity index (χ3n) is 4.80. The van der Waals surface area contributed by atoms with E-state index in [0.717, 1.165) is 10.0 Å². The Morgan fingerprint density at radius 1 is 1.00 bits per heavy atom. The molecule has 0 rings (SSSR count). The molecule has 0 spiro atoms. The SMILES string of the molecule is C=C([CH2][Sn]([CH2]CCC)([CH2]CCC)[CH2]CCC)C(C)OC(=O)OC. The van der Waals surface area contributed by atoms with Crippen molar-refractivity contribution in [2.24, 2.45) is 0 Å². The van der Waals surface area contributed by atoms with Crippen molar-refractivity contribution in [1.29, 1.82) is 0 Å². The fourth-order valence-corrected chi connectivity index (χ4v) is 19.9. The average Bonchev–Trinajstić information content (AvgIpc) is 2.55. The normalized spacial score (nSPS) is 12.7. The zero-order valence-electron chi connectivity index (χ0n) is 16.1. The first-order chi connectivity index (χ1) is 10.9. The van der Waals surface area contributed by atoms with Crippen LogP contribution in [0.1, 0.15) is 66.2 Å². The van der Waals surface area contributed by atoms with Crippen LogP contribution in [0, 0.1) is 0 Å². The third kappa shape index (κ3) is 9.63. The van der Waals surface area contributed by atoms with Crippen molar-refractivity contribution in [2.75, 3.05) is 7.11 Å². The van der Waals surface area contributed by atoms with Crippen LogP contribution in [0.2, 0.25) is 17.7 Å². The Kier molecular flexibility index (Phi) is 13.0. The van der Waals surface area contributed by atoms with Gasteiger partial charge in [-0.2, -0.15) is 0 Å². The Morgan fingerprint density at radius 2 is 1.43 bits per heavy atom. The molecule has 0 aliphatic rings. The third-order valence-corrected chi connectivity index (χ3v) is 20.3. The van der Waals surface area contributed by atoms with Crippen molar-refractivity contribution in [3.05, 3.63) is 12.2 Å². The molecule has 0 amide bonds. The van der Waals surface area contributed by atoms with Gasteiger partial charge in [-0.3, -0.25) is 0 Å². The molecule has 0 fully saturated rings. The fraction of sp³-hybridized carbons (Fsp3) is 0.842. The summed E-state index contributed by atoms with van der Waals surface area (Å²) in [6, 6.07) is 0. The van der Waals surface area contributed by atoms with Crippen LogP contribution in [0.25, 0.3) is 0 Å². The molecule has 3 nitrogen and oxygen atoms in total. The fourth-order valence-electron chi connectivity index (χ4n) is 3.20. The summed E-state index contributed by atoms with van der Waals surface area (Å²) in [6.45, 7) is 13.1. The Balaban J connectivity index is 4.97. The Labute approximate surface area is 148 Å². The topological polar surface area (TPSA) is 35.5 Å². The summed E-state index contributed by atoms with van der Waals surface area (Å²) in [7, 11) is 1.35. The molecular formula is C19H38O3Sn. The summed E-state index contributed by atoms with van der Waals surface area (Å²) in [6.07, 6.45) is 7.04. The van der Waals surface area contributed by atoms with Crippen LogP contribution >= 0.6 is 0 Å².